The lowest BCUT2D eigenvalue weighted by Crippen LogP contribution is -2.45. The summed E-state index contributed by atoms with van der Waals surface area (Å²) in [5, 5.41) is 33.7. The molecule has 0 aliphatic rings. The predicted molar refractivity (Wildman–Crippen MR) is 242 cm³/mol. The number of aliphatic hydroxyl groups excluding tert-OH is 3. The number of quaternary nitrogens is 1. The first kappa shape index (κ1) is 55.6. The predicted octanol–water partition coefficient (Wildman–Crippen LogP) is 10.1. The van der Waals surface area contributed by atoms with Gasteiger partial charge in [-0.1, -0.05) is 176 Å². The van der Waals surface area contributed by atoms with Crippen LogP contribution >= 0.6 is 7.82 Å². The molecule has 0 aromatic rings. The maximum absolute atomic E-state index is 12.8. The monoisotopic (exact) mass is 836 g/mol. The van der Waals surface area contributed by atoms with Gasteiger partial charge in [0, 0.05) is 6.42 Å². The van der Waals surface area contributed by atoms with Crippen molar-refractivity contribution in [2.75, 3.05) is 40.9 Å². The molecule has 5 atom stereocenters. The van der Waals surface area contributed by atoms with E-state index in [-0.39, 0.29) is 25.5 Å². The normalized spacial score (nSPS) is 16.2. The zero-order chi connectivity index (χ0) is 43.2. The van der Waals surface area contributed by atoms with Crippen LogP contribution in [-0.2, 0) is 18.4 Å². The van der Waals surface area contributed by atoms with E-state index < -0.39 is 32.2 Å². The van der Waals surface area contributed by atoms with Gasteiger partial charge in [-0.2, -0.15) is 0 Å². The molecule has 0 aromatic heterocycles. The highest BCUT2D eigenvalue weighted by atomic mass is 31.2. The highest BCUT2D eigenvalue weighted by Gasteiger charge is 2.27. The smallest absolute Gasteiger partial charge is 0.389 e. The van der Waals surface area contributed by atoms with Crippen LogP contribution < -0.4 is 5.32 Å². The largest absolute Gasteiger partial charge is 0.472 e. The molecule has 10 nitrogen and oxygen atoms in total. The van der Waals surface area contributed by atoms with Crippen LogP contribution in [0.15, 0.2) is 85.1 Å². The van der Waals surface area contributed by atoms with Gasteiger partial charge >= 0.3 is 7.82 Å². The summed E-state index contributed by atoms with van der Waals surface area (Å²) >= 11 is 0. The van der Waals surface area contributed by atoms with Gasteiger partial charge in [0.25, 0.3) is 0 Å². The van der Waals surface area contributed by atoms with E-state index in [1.54, 1.807) is 36.5 Å². The van der Waals surface area contributed by atoms with Crippen molar-refractivity contribution in [1.82, 2.24) is 5.32 Å². The van der Waals surface area contributed by atoms with Crippen LogP contribution in [0.2, 0.25) is 0 Å². The Bertz CT molecular complexity index is 1250. The maximum Gasteiger partial charge on any atom is 0.472 e. The first-order valence-electron chi connectivity index (χ1n) is 22.2. The van der Waals surface area contributed by atoms with Crippen molar-refractivity contribution in [3.63, 3.8) is 0 Å². The zero-order valence-electron chi connectivity index (χ0n) is 37.0. The van der Waals surface area contributed by atoms with Crippen molar-refractivity contribution in [2.45, 2.75) is 167 Å². The summed E-state index contributed by atoms with van der Waals surface area (Å²) < 4.78 is 23.5. The summed E-state index contributed by atoms with van der Waals surface area (Å²) in [5.74, 6) is -0.309. The molecule has 0 heterocycles. The number of unbranched alkanes of at least 4 members (excludes halogenated alkanes) is 13. The molecule has 1 unspecified atom stereocenters. The molecule has 0 bridgehead atoms. The van der Waals surface area contributed by atoms with E-state index in [1.807, 2.05) is 69.8 Å². The molecule has 0 aliphatic carbocycles. The number of hydrogen-bond acceptors (Lipinski definition) is 7. The van der Waals surface area contributed by atoms with Gasteiger partial charge in [0.2, 0.25) is 5.91 Å². The van der Waals surface area contributed by atoms with E-state index in [2.05, 4.69) is 19.2 Å². The average Bonchev–Trinajstić information content (AvgIpc) is 3.16. The number of carbonyl (C=O) groups excluding carboxylic acids is 1. The molecule has 0 saturated heterocycles. The highest BCUT2D eigenvalue weighted by molar-refractivity contribution is 7.47. The van der Waals surface area contributed by atoms with Crippen molar-refractivity contribution >= 4 is 13.7 Å². The lowest BCUT2D eigenvalue weighted by atomic mass is 10.0. The summed E-state index contributed by atoms with van der Waals surface area (Å²) in [6, 6.07) is -0.928. The van der Waals surface area contributed by atoms with Crippen LogP contribution in [0, 0.1) is 0 Å². The highest BCUT2D eigenvalue weighted by Crippen LogP contribution is 2.43. The molecule has 5 N–H and O–H groups in total. The van der Waals surface area contributed by atoms with Gasteiger partial charge in [-0.05, 0) is 44.9 Å². The van der Waals surface area contributed by atoms with Gasteiger partial charge in [-0.3, -0.25) is 13.8 Å². The first-order chi connectivity index (χ1) is 27.8. The molecule has 0 rings (SSSR count). The zero-order valence-corrected chi connectivity index (χ0v) is 37.9. The summed E-state index contributed by atoms with van der Waals surface area (Å²) in [4.78, 5) is 23.1. The van der Waals surface area contributed by atoms with Crippen molar-refractivity contribution < 1.29 is 43.1 Å². The number of phosphoric acid groups is 1. The Kier molecular flexibility index (Phi) is 36.0. The number of amides is 1. The van der Waals surface area contributed by atoms with Gasteiger partial charge in [-0.15, -0.1) is 0 Å². The number of aliphatic hydroxyl groups is 3. The Morgan fingerprint density at radius 3 is 1.74 bits per heavy atom. The number of likely N-dealkylation sites (N-methyl/N-ethyl adjacent to an activating group) is 1. The van der Waals surface area contributed by atoms with Crippen molar-refractivity contribution in [3.8, 4) is 0 Å². The number of allylic oxidation sites excluding steroid dienone is 9. The van der Waals surface area contributed by atoms with Gasteiger partial charge in [0.15, 0.2) is 0 Å². The summed E-state index contributed by atoms with van der Waals surface area (Å²) in [7, 11) is 1.44. The Morgan fingerprint density at radius 2 is 1.19 bits per heavy atom. The third kappa shape index (κ3) is 39.1. The van der Waals surface area contributed by atoms with Crippen LogP contribution in [0.5, 0.6) is 0 Å². The van der Waals surface area contributed by atoms with Crippen molar-refractivity contribution in [1.29, 1.82) is 0 Å². The molecule has 0 aliphatic heterocycles. The molecule has 1 amide bonds. The SMILES string of the molecule is CC/C=C\C[C@H](O)/C=C/C=C\C=C\[C@H](O)C/C=C\C/C=C\CCC(=O)N[C@@H](COP(=O)(O)OCC[N+](C)(C)C)[C@H](O)/C=C/CCCCCCCCCCCCCCC. The summed E-state index contributed by atoms with van der Waals surface area (Å²) in [5.41, 5.74) is 0. The Balaban J connectivity index is 4.71. The average molecular weight is 836 g/mol. The minimum Gasteiger partial charge on any atom is -0.389 e. The topological polar surface area (TPSA) is 146 Å². The van der Waals surface area contributed by atoms with Crippen molar-refractivity contribution in [2.24, 2.45) is 0 Å². The first-order valence-corrected chi connectivity index (χ1v) is 23.7. The Morgan fingerprint density at radius 1 is 0.655 bits per heavy atom. The van der Waals surface area contributed by atoms with Gasteiger partial charge in [0.05, 0.1) is 52.1 Å². The van der Waals surface area contributed by atoms with Gasteiger partial charge in [0.1, 0.15) is 13.2 Å². The molecule has 58 heavy (non-hydrogen) atoms. The number of phosphoric ester groups is 1. The minimum absolute atomic E-state index is 0.0235. The lowest BCUT2D eigenvalue weighted by Gasteiger charge is -2.25. The van der Waals surface area contributed by atoms with E-state index in [9.17, 15) is 29.6 Å². The minimum atomic E-state index is -4.39. The second-order valence-electron chi connectivity index (χ2n) is 16.1. The third-order valence-electron chi connectivity index (χ3n) is 9.30. The Labute approximate surface area is 353 Å². The van der Waals surface area contributed by atoms with Crippen LogP contribution in [0.4, 0.5) is 0 Å². The number of rotatable bonds is 38. The molecule has 0 fully saturated rings. The van der Waals surface area contributed by atoms with Crippen LogP contribution in [0.3, 0.4) is 0 Å². The van der Waals surface area contributed by atoms with Crippen LogP contribution in [0.1, 0.15) is 142 Å². The van der Waals surface area contributed by atoms with Crippen LogP contribution in [0.25, 0.3) is 0 Å². The van der Waals surface area contributed by atoms with E-state index in [0.717, 1.165) is 25.7 Å². The fourth-order valence-corrected chi connectivity index (χ4v) is 6.44. The fourth-order valence-electron chi connectivity index (χ4n) is 5.71. The van der Waals surface area contributed by atoms with E-state index >= 15 is 0 Å². The van der Waals surface area contributed by atoms with Crippen molar-refractivity contribution in [3.05, 3.63) is 85.1 Å². The molecule has 0 saturated carbocycles. The quantitative estimate of drug-likeness (QED) is 0.0136. The lowest BCUT2D eigenvalue weighted by molar-refractivity contribution is -0.870. The Hall–Kier alpha value is -2.40. The van der Waals surface area contributed by atoms with E-state index in [1.165, 1.54) is 70.6 Å². The number of carbonyl (C=O) groups is 1. The molecule has 0 aromatic carbocycles. The maximum atomic E-state index is 12.8. The second-order valence-corrected chi connectivity index (χ2v) is 17.5. The number of nitrogens with one attached hydrogen (secondary N) is 1. The molecule has 11 heteroatoms. The summed E-state index contributed by atoms with van der Waals surface area (Å²) in [6.45, 7) is 4.45. The van der Waals surface area contributed by atoms with E-state index in [0.29, 0.717) is 36.7 Å². The van der Waals surface area contributed by atoms with Gasteiger partial charge < -0.3 is 30.0 Å². The molecule has 334 valence electrons. The molecule has 0 spiro atoms. The fraction of sp³-hybridized carbons (Fsp3) is 0.681. The molecular formula is C47H84N2O8P+. The van der Waals surface area contributed by atoms with E-state index in [4.69, 9.17) is 9.05 Å². The molecule has 0 radical (unpaired) electrons. The number of nitrogens with zero attached hydrogens (tertiary/aromatic N) is 1. The third-order valence-corrected chi connectivity index (χ3v) is 10.3. The summed E-state index contributed by atoms with van der Waals surface area (Å²) in [6.07, 6.45) is 44.4. The number of hydrogen-bond donors (Lipinski definition) is 5. The second kappa shape index (κ2) is 37.6. The van der Waals surface area contributed by atoms with Gasteiger partial charge in [-0.25, -0.2) is 4.57 Å². The molecular weight excluding hydrogens is 751 g/mol. The standard InChI is InChI=1S/C47H83N2O8P/c1-6-8-10-11-12-13-14-15-16-17-18-19-20-24-32-38-46(52)45(42-57-58(54,55)56-41-40-49(3,4)5)48-47(53)39-33-25-22-21-23-29-35-44(51)37-31-27-26-30-36-43(50)34-28-9-7-2/h9,22-23,25-32,36-38,43-46,50-52H,6-8,10-21,24,33-35,39-42H2,1-5H3,(H-,48,53,54,55)/p+1/b25-22-,27-26-,28-9-,29-23-,36-30+,37-31+,38-32+/t43-,44+,45-,46+/m0/s1. The van der Waals surface area contributed by atoms with Crippen LogP contribution in [-0.4, -0.2) is 95.9 Å².